The van der Waals surface area contributed by atoms with Crippen LogP contribution in [0.5, 0.6) is 0 Å². The van der Waals surface area contributed by atoms with E-state index in [9.17, 15) is 0 Å². The van der Waals surface area contributed by atoms with Crippen LogP contribution in [0.2, 0.25) is 0 Å². The van der Waals surface area contributed by atoms with Crippen LogP contribution in [0.15, 0.2) is 24.4 Å². The Morgan fingerprint density at radius 1 is 1.17 bits per heavy atom. The topological polar surface area (TPSA) is 84.1 Å². The monoisotopic (exact) mass is 310 g/mol. The highest BCUT2D eigenvalue weighted by Crippen LogP contribution is 2.20. The SMILES string of the molecule is CCc1nc2c(C)cc(C)nc2n1Cc1ccc(B(O)O)cn1. The van der Waals surface area contributed by atoms with Crippen LogP contribution in [0.1, 0.15) is 29.7 Å². The fourth-order valence-corrected chi connectivity index (χ4v) is 2.73. The van der Waals surface area contributed by atoms with E-state index in [1.54, 1.807) is 12.1 Å². The zero-order chi connectivity index (χ0) is 16.6. The molecule has 0 bridgehead atoms. The summed E-state index contributed by atoms with van der Waals surface area (Å²) in [6.07, 6.45) is 2.29. The molecular weight excluding hydrogens is 291 g/mol. The van der Waals surface area contributed by atoms with Crippen molar-refractivity contribution in [2.45, 2.75) is 33.7 Å². The van der Waals surface area contributed by atoms with Gasteiger partial charge >= 0.3 is 7.12 Å². The maximum atomic E-state index is 9.15. The van der Waals surface area contributed by atoms with Gasteiger partial charge in [0.15, 0.2) is 5.65 Å². The third-order valence-corrected chi connectivity index (χ3v) is 3.88. The van der Waals surface area contributed by atoms with Crippen LogP contribution < -0.4 is 5.46 Å². The first kappa shape index (κ1) is 15.6. The summed E-state index contributed by atoms with van der Waals surface area (Å²) < 4.78 is 2.08. The first-order valence-corrected chi connectivity index (χ1v) is 7.64. The smallest absolute Gasteiger partial charge is 0.423 e. The van der Waals surface area contributed by atoms with Crippen molar-refractivity contribution in [1.82, 2.24) is 19.5 Å². The van der Waals surface area contributed by atoms with Gasteiger partial charge in [-0.25, -0.2) is 9.97 Å². The van der Waals surface area contributed by atoms with Crippen molar-refractivity contribution in [1.29, 1.82) is 0 Å². The second-order valence-corrected chi connectivity index (χ2v) is 5.68. The summed E-state index contributed by atoms with van der Waals surface area (Å²) in [4.78, 5) is 13.7. The molecule has 0 fully saturated rings. The average Bonchev–Trinajstić information content (AvgIpc) is 2.86. The Hall–Kier alpha value is -2.25. The van der Waals surface area contributed by atoms with Crippen molar-refractivity contribution < 1.29 is 10.0 Å². The molecule has 0 spiro atoms. The van der Waals surface area contributed by atoms with E-state index in [1.165, 1.54) is 6.20 Å². The molecule has 2 N–H and O–H groups in total. The van der Waals surface area contributed by atoms with Crippen molar-refractivity contribution in [2.24, 2.45) is 0 Å². The molecule has 3 heterocycles. The number of aryl methyl sites for hydroxylation is 3. The zero-order valence-electron chi connectivity index (χ0n) is 13.5. The second kappa shape index (κ2) is 6.10. The lowest BCUT2D eigenvalue weighted by atomic mass is 9.82. The maximum Gasteiger partial charge on any atom is 0.490 e. The molecule has 23 heavy (non-hydrogen) atoms. The van der Waals surface area contributed by atoms with E-state index < -0.39 is 7.12 Å². The lowest BCUT2D eigenvalue weighted by molar-refractivity contribution is 0.425. The number of rotatable bonds is 4. The molecular formula is C16H19BN4O2. The van der Waals surface area contributed by atoms with Gasteiger partial charge in [0.2, 0.25) is 0 Å². The van der Waals surface area contributed by atoms with Crippen LogP contribution in [0.25, 0.3) is 11.2 Å². The van der Waals surface area contributed by atoms with E-state index in [2.05, 4.69) is 21.5 Å². The van der Waals surface area contributed by atoms with Gasteiger partial charge in [-0.1, -0.05) is 13.0 Å². The molecule has 0 aliphatic rings. The highest BCUT2D eigenvalue weighted by molar-refractivity contribution is 6.58. The molecule has 3 aromatic heterocycles. The molecule has 0 atom stereocenters. The highest BCUT2D eigenvalue weighted by Gasteiger charge is 2.15. The highest BCUT2D eigenvalue weighted by atomic mass is 16.4. The third-order valence-electron chi connectivity index (χ3n) is 3.88. The minimum absolute atomic E-state index is 0.379. The van der Waals surface area contributed by atoms with Crippen molar-refractivity contribution in [3.05, 3.63) is 47.2 Å². The third kappa shape index (κ3) is 2.97. The molecule has 7 heteroatoms. The van der Waals surface area contributed by atoms with Gasteiger partial charge in [0.05, 0.1) is 12.2 Å². The van der Waals surface area contributed by atoms with Crippen LogP contribution in [0.4, 0.5) is 0 Å². The van der Waals surface area contributed by atoms with Gasteiger partial charge in [0.1, 0.15) is 11.3 Å². The first-order valence-electron chi connectivity index (χ1n) is 7.64. The number of aromatic nitrogens is 4. The molecule has 0 aromatic carbocycles. The minimum Gasteiger partial charge on any atom is -0.423 e. The molecule has 3 aromatic rings. The maximum absolute atomic E-state index is 9.15. The largest absolute Gasteiger partial charge is 0.490 e. The summed E-state index contributed by atoms with van der Waals surface area (Å²) in [7, 11) is -1.50. The molecule has 0 aliphatic carbocycles. The lowest BCUT2D eigenvalue weighted by Gasteiger charge is -2.08. The predicted octanol–water partition coefficient (Wildman–Crippen LogP) is 0.734. The van der Waals surface area contributed by atoms with E-state index in [4.69, 9.17) is 15.0 Å². The molecule has 0 unspecified atom stereocenters. The summed E-state index contributed by atoms with van der Waals surface area (Å²) in [5, 5.41) is 18.3. The van der Waals surface area contributed by atoms with E-state index >= 15 is 0 Å². The summed E-state index contributed by atoms with van der Waals surface area (Å²) in [5.41, 5.74) is 5.08. The Kier molecular flexibility index (Phi) is 4.15. The molecule has 0 aliphatic heterocycles. The summed E-state index contributed by atoms with van der Waals surface area (Å²) in [6, 6.07) is 5.50. The number of pyridine rings is 2. The molecule has 3 rings (SSSR count). The normalized spacial score (nSPS) is 11.2. The Morgan fingerprint density at radius 2 is 1.96 bits per heavy atom. The minimum atomic E-state index is -1.50. The molecule has 0 radical (unpaired) electrons. The fourth-order valence-electron chi connectivity index (χ4n) is 2.73. The second-order valence-electron chi connectivity index (χ2n) is 5.68. The number of nitrogens with zero attached hydrogens (tertiary/aromatic N) is 4. The standard InChI is InChI=1S/C16H19BN4O2/c1-4-14-20-15-10(2)7-11(3)19-16(15)21(14)9-13-6-5-12(8-18-13)17(22)23/h5-8,22-23H,4,9H2,1-3H3. The van der Waals surface area contributed by atoms with E-state index in [1.807, 2.05) is 19.9 Å². The summed E-state index contributed by atoms with van der Waals surface area (Å²) >= 11 is 0. The molecule has 0 saturated carbocycles. The van der Waals surface area contributed by atoms with Gasteiger partial charge in [-0.05, 0) is 31.5 Å². The van der Waals surface area contributed by atoms with Crippen molar-refractivity contribution in [2.75, 3.05) is 0 Å². The van der Waals surface area contributed by atoms with Crippen molar-refractivity contribution >= 4 is 23.7 Å². The van der Waals surface area contributed by atoms with Crippen LogP contribution in [0.3, 0.4) is 0 Å². The van der Waals surface area contributed by atoms with Gasteiger partial charge in [-0.3, -0.25) is 4.98 Å². The number of hydrogen-bond acceptors (Lipinski definition) is 5. The summed E-state index contributed by atoms with van der Waals surface area (Å²) in [5.74, 6) is 0.967. The molecule has 6 nitrogen and oxygen atoms in total. The van der Waals surface area contributed by atoms with Crippen LogP contribution in [0, 0.1) is 13.8 Å². The van der Waals surface area contributed by atoms with Crippen molar-refractivity contribution in [3.8, 4) is 0 Å². The Labute approximate surface area is 135 Å². The average molecular weight is 310 g/mol. The molecule has 0 saturated heterocycles. The van der Waals surface area contributed by atoms with Gasteiger partial charge in [0.25, 0.3) is 0 Å². The van der Waals surface area contributed by atoms with E-state index in [-0.39, 0.29) is 0 Å². The van der Waals surface area contributed by atoms with Gasteiger partial charge in [-0.2, -0.15) is 0 Å². The Morgan fingerprint density at radius 3 is 2.57 bits per heavy atom. The van der Waals surface area contributed by atoms with Gasteiger partial charge in [-0.15, -0.1) is 0 Å². The van der Waals surface area contributed by atoms with Gasteiger partial charge < -0.3 is 14.6 Å². The van der Waals surface area contributed by atoms with E-state index in [0.717, 1.165) is 40.4 Å². The lowest BCUT2D eigenvalue weighted by Crippen LogP contribution is -2.30. The van der Waals surface area contributed by atoms with Crippen molar-refractivity contribution in [3.63, 3.8) is 0 Å². The number of fused-ring (bicyclic) bond motifs is 1. The van der Waals surface area contributed by atoms with E-state index in [0.29, 0.717) is 12.0 Å². The van der Waals surface area contributed by atoms with Gasteiger partial charge in [0, 0.05) is 23.8 Å². The van der Waals surface area contributed by atoms with Crippen LogP contribution >= 0.6 is 0 Å². The van der Waals surface area contributed by atoms with Crippen LogP contribution in [-0.4, -0.2) is 36.7 Å². The number of imidazole rings is 1. The quantitative estimate of drug-likeness (QED) is 0.694. The first-order chi connectivity index (χ1) is 11.0. The van der Waals surface area contributed by atoms with Crippen LogP contribution in [-0.2, 0) is 13.0 Å². The Bertz CT molecular complexity index is 843. The Balaban J connectivity index is 2.04. The molecule has 0 amide bonds. The fraction of sp³-hybridized carbons (Fsp3) is 0.312. The number of hydrogen-bond donors (Lipinski definition) is 2. The summed E-state index contributed by atoms with van der Waals surface area (Å²) in [6.45, 7) is 6.64. The zero-order valence-corrected chi connectivity index (χ0v) is 13.5. The predicted molar refractivity (Wildman–Crippen MR) is 89.5 cm³/mol. The molecule has 118 valence electrons.